The molecule has 0 aliphatic carbocycles. The third-order valence-corrected chi connectivity index (χ3v) is 3.61. The van der Waals surface area contributed by atoms with Crippen molar-refractivity contribution in [2.75, 3.05) is 12.9 Å². The van der Waals surface area contributed by atoms with Crippen LogP contribution in [-0.4, -0.2) is 21.3 Å². The van der Waals surface area contributed by atoms with E-state index in [-0.39, 0.29) is 11.4 Å². The largest absolute Gasteiger partial charge is 0.269 e. The molecule has 0 amide bonds. The SMILES string of the molecule is CS(=O)(=O)OC[C@@H](Br)c1ccc(Cl)cc1Cl. The van der Waals surface area contributed by atoms with Crippen molar-refractivity contribution in [2.24, 2.45) is 0 Å². The van der Waals surface area contributed by atoms with Crippen molar-refractivity contribution >= 4 is 49.2 Å². The maximum absolute atomic E-state index is 10.8. The van der Waals surface area contributed by atoms with E-state index in [0.717, 1.165) is 11.8 Å². The molecule has 16 heavy (non-hydrogen) atoms. The van der Waals surface area contributed by atoms with E-state index in [2.05, 4.69) is 20.1 Å². The Morgan fingerprint density at radius 1 is 1.44 bits per heavy atom. The molecule has 0 unspecified atom stereocenters. The monoisotopic (exact) mass is 346 g/mol. The average Bonchev–Trinajstić information content (AvgIpc) is 2.13. The number of hydrogen-bond donors (Lipinski definition) is 0. The minimum Gasteiger partial charge on any atom is -0.269 e. The zero-order valence-corrected chi connectivity index (χ0v) is 12.2. The van der Waals surface area contributed by atoms with Crippen LogP contribution in [0.15, 0.2) is 18.2 Å². The van der Waals surface area contributed by atoms with Crippen LogP contribution in [0.3, 0.4) is 0 Å². The number of rotatable bonds is 4. The lowest BCUT2D eigenvalue weighted by Crippen LogP contribution is -2.08. The lowest BCUT2D eigenvalue weighted by Gasteiger charge is -2.11. The van der Waals surface area contributed by atoms with Crippen LogP contribution in [0.4, 0.5) is 0 Å². The summed E-state index contributed by atoms with van der Waals surface area (Å²) in [6.07, 6.45) is 0.996. The van der Waals surface area contributed by atoms with E-state index in [0.29, 0.717) is 10.0 Å². The Labute approximate surface area is 113 Å². The number of hydrogen-bond acceptors (Lipinski definition) is 3. The van der Waals surface area contributed by atoms with Gasteiger partial charge in [0.1, 0.15) is 0 Å². The summed E-state index contributed by atoms with van der Waals surface area (Å²) in [5.41, 5.74) is 0.731. The van der Waals surface area contributed by atoms with Crippen molar-refractivity contribution < 1.29 is 12.6 Å². The second-order valence-electron chi connectivity index (χ2n) is 3.12. The first-order chi connectivity index (χ1) is 7.29. The van der Waals surface area contributed by atoms with Crippen LogP contribution in [0, 0.1) is 0 Å². The van der Waals surface area contributed by atoms with Crippen LogP contribution >= 0.6 is 39.1 Å². The average molecular weight is 348 g/mol. The fraction of sp³-hybridized carbons (Fsp3) is 0.333. The van der Waals surface area contributed by atoms with Gasteiger partial charge in [-0.3, -0.25) is 4.18 Å². The Morgan fingerprint density at radius 3 is 2.56 bits per heavy atom. The number of alkyl halides is 1. The smallest absolute Gasteiger partial charge is 0.264 e. The highest BCUT2D eigenvalue weighted by Crippen LogP contribution is 2.31. The van der Waals surface area contributed by atoms with Crippen molar-refractivity contribution in [1.29, 1.82) is 0 Å². The molecule has 0 radical (unpaired) electrons. The van der Waals surface area contributed by atoms with Crippen molar-refractivity contribution in [2.45, 2.75) is 4.83 Å². The number of halogens is 3. The first kappa shape index (κ1) is 14.3. The molecule has 1 aromatic rings. The Morgan fingerprint density at radius 2 is 2.06 bits per heavy atom. The van der Waals surface area contributed by atoms with Gasteiger partial charge in [0.2, 0.25) is 0 Å². The summed E-state index contributed by atoms with van der Waals surface area (Å²) in [6.45, 7) is -0.0137. The van der Waals surface area contributed by atoms with Crippen LogP contribution in [0.5, 0.6) is 0 Å². The van der Waals surface area contributed by atoms with Gasteiger partial charge in [0.25, 0.3) is 10.1 Å². The molecular weight excluding hydrogens is 339 g/mol. The lowest BCUT2D eigenvalue weighted by molar-refractivity contribution is 0.324. The highest BCUT2D eigenvalue weighted by atomic mass is 79.9. The Kier molecular flexibility index (Phi) is 5.07. The standard InChI is InChI=1S/C9H9BrCl2O3S/c1-16(13,14)15-5-8(10)7-3-2-6(11)4-9(7)12/h2-4,8H,5H2,1H3/t8-/m1/s1. The molecule has 7 heteroatoms. The summed E-state index contributed by atoms with van der Waals surface area (Å²) < 4.78 is 26.3. The van der Waals surface area contributed by atoms with Gasteiger partial charge in [-0.05, 0) is 17.7 Å². The summed E-state index contributed by atoms with van der Waals surface area (Å²) >= 11 is 15.0. The molecule has 3 nitrogen and oxygen atoms in total. The third kappa shape index (κ3) is 4.59. The van der Waals surface area contributed by atoms with E-state index in [1.54, 1.807) is 18.2 Å². The second kappa shape index (κ2) is 5.69. The van der Waals surface area contributed by atoms with Crippen molar-refractivity contribution in [1.82, 2.24) is 0 Å². The van der Waals surface area contributed by atoms with Crippen molar-refractivity contribution in [3.63, 3.8) is 0 Å². The molecule has 1 aromatic carbocycles. The molecule has 1 rings (SSSR count). The second-order valence-corrected chi connectivity index (χ2v) is 6.71. The van der Waals surface area contributed by atoms with E-state index in [1.165, 1.54) is 0 Å². The highest BCUT2D eigenvalue weighted by Gasteiger charge is 2.14. The minimum atomic E-state index is -3.45. The maximum Gasteiger partial charge on any atom is 0.264 e. The Balaban J connectivity index is 2.77. The molecule has 0 spiro atoms. The number of benzene rings is 1. The van der Waals surface area contributed by atoms with Gasteiger partial charge in [0.15, 0.2) is 0 Å². The summed E-state index contributed by atoms with van der Waals surface area (Å²) in [5.74, 6) is 0. The van der Waals surface area contributed by atoms with Gasteiger partial charge < -0.3 is 0 Å². The van der Waals surface area contributed by atoms with Crippen LogP contribution in [0.1, 0.15) is 10.4 Å². The van der Waals surface area contributed by atoms with E-state index >= 15 is 0 Å². The zero-order chi connectivity index (χ0) is 12.3. The van der Waals surface area contributed by atoms with Gasteiger partial charge in [-0.15, -0.1) is 0 Å². The Hall–Kier alpha value is 0.190. The maximum atomic E-state index is 10.8. The van der Waals surface area contributed by atoms with Crippen LogP contribution in [-0.2, 0) is 14.3 Å². The van der Waals surface area contributed by atoms with Gasteiger partial charge in [-0.1, -0.05) is 45.2 Å². The first-order valence-electron chi connectivity index (χ1n) is 4.23. The predicted octanol–water partition coefficient (Wildman–Crippen LogP) is 3.41. The quantitative estimate of drug-likeness (QED) is 0.619. The van der Waals surface area contributed by atoms with E-state index in [4.69, 9.17) is 23.2 Å². The molecule has 0 aromatic heterocycles. The van der Waals surface area contributed by atoms with Crippen molar-refractivity contribution in [3.8, 4) is 0 Å². The molecule has 0 heterocycles. The molecule has 90 valence electrons. The molecule has 0 saturated heterocycles. The minimum absolute atomic E-state index is 0.0137. The summed E-state index contributed by atoms with van der Waals surface area (Å²) in [6, 6.07) is 4.99. The normalized spacial score (nSPS) is 13.8. The van der Waals surface area contributed by atoms with Crippen LogP contribution in [0.2, 0.25) is 10.0 Å². The Bertz CT molecular complexity index is 476. The van der Waals surface area contributed by atoms with Crippen molar-refractivity contribution in [3.05, 3.63) is 33.8 Å². The zero-order valence-electron chi connectivity index (χ0n) is 8.28. The van der Waals surface area contributed by atoms with Gasteiger partial charge >= 0.3 is 0 Å². The first-order valence-corrected chi connectivity index (χ1v) is 7.72. The van der Waals surface area contributed by atoms with Gasteiger partial charge in [0, 0.05) is 10.0 Å². The van der Waals surface area contributed by atoms with Gasteiger partial charge in [-0.2, -0.15) is 8.42 Å². The molecule has 0 bridgehead atoms. The highest BCUT2D eigenvalue weighted by molar-refractivity contribution is 9.09. The molecule has 0 fully saturated rings. The van der Waals surface area contributed by atoms with E-state index in [9.17, 15) is 8.42 Å². The molecular formula is C9H9BrCl2O3S. The van der Waals surface area contributed by atoms with Gasteiger partial charge in [-0.25, -0.2) is 0 Å². The third-order valence-electron chi connectivity index (χ3n) is 1.73. The molecule has 0 aliphatic rings. The van der Waals surface area contributed by atoms with Crippen LogP contribution in [0.25, 0.3) is 0 Å². The summed E-state index contributed by atoms with van der Waals surface area (Å²) in [7, 11) is -3.45. The lowest BCUT2D eigenvalue weighted by atomic mass is 10.2. The van der Waals surface area contributed by atoms with Gasteiger partial charge in [0.05, 0.1) is 17.7 Å². The van der Waals surface area contributed by atoms with E-state index < -0.39 is 10.1 Å². The summed E-state index contributed by atoms with van der Waals surface area (Å²) in [5, 5.41) is 0.990. The van der Waals surface area contributed by atoms with Crippen LogP contribution < -0.4 is 0 Å². The summed E-state index contributed by atoms with van der Waals surface area (Å²) in [4.78, 5) is -0.299. The topological polar surface area (TPSA) is 43.4 Å². The molecule has 0 N–H and O–H groups in total. The fourth-order valence-corrected chi connectivity index (χ4v) is 2.79. The predicted molar refractivity (Wildman–Crippen MR) is 68.9 cm³/mol. The fourth-order valence-electron chi connectivity index (χ4n) is 1.03. The molecule has 0 aliphatic heterocycles. The van der Waals surface area contributed by atoms with E-state index in [1.807, 2.05) is 0 Å². The molecule has 1 atom stereocenters. The molecule has 0 saturated carbocycles.